The molecule has 1 fully saturated rings. The molecule has 1 amide bonds. The van der Waals surface area contributed by atoms with Crippen LogP contribution in [0.15, 0.2) is 18.5 Å². The van der Waals surface area contributed by atoms with E-state index in [1.165, 1.54) is 0 Å². The van der Waals surface area contributed by atoms with Crippen LogP contribution in [-0.4, -0.2) is 45.8 Å². The molecular weight excluding hydrogens is 216 g/mol. The van der Waals surface area contributed by atoms with Gasteiger partial charge in [0.2, 0.25) is 5.91 Å². The lowest BCUT2D eigenvalue weighted by Crippen LogP contribution is -2.60. The maximum atomic E-state index is 12.4. The number of nitrogens with one attached hydrogen (secondary N) is 1. The van der Waals surface area contributed by atoms with Crippen molar-refractivity contribution in [3.05, 3.63) is 18.5 Å². The molecule has 1 saturated heterocycles. The Labute approximate surface area is 102 Å². The van der Waals surface area contributed by atoms with Crippen molar-refractivity contribution in [3.63, 3.8) is 0 Å². The Balaban J connectivity index is 2.14. The van der Waals surface area contributed by atoms with Crippen LogP contribution in [0.5, 0.6) is 0 Å². The second-order valence-corrected chi connectivity index (χ2v) is 5.14. The van der Waals surface area contributed by atoms with Crippen molar-refractivity contribution in [2.45, 2.75) is 32.4 Å². The number of hydrogen-bond acceptors (Lipinski definition) is 3. The van der Waals surface area contributed by atoms with Crippen LogP contribution in [-0.2, 0) is 4.79 Å². The van der Waals surface area contributed by atoms with Crippen molar-refractivity contribution in [1.29, 1.82) is 0 Å². The molecule has 94 valence electrons. The molecular formula is C12H20N4O. The molecule has 0 saturated carbocycles. The monoisotopic (exact) mass is 236 g/mol. The molecule has 0 aliphatic carbocycles. The molecule has 2 rings (SSSR count). The third kappa shape index (κ3) is 2.34. The maximum Gasteiger partial charge on any atom is 0.247 e. The average Bonchev–Trinajstić information content (AvgIpc) is 2.80. The minimum absolute atomic E-state index is 0.128. The molecule has 1 N–H and O–H groups in total. The molecule has 2 heterocycles. The number of rotatable bonds is 2. The van der Waals surface area contributed by atoms with E-state index in [9.17, 15) is 4.79 Å². The zero-order chi connectivity index (χ0) is 12.5. The Morgan fingerprint density at radius 1 is 1.53 bits per heavy atom. The number of aromatic nitrogens is 2. The minimum atomic E-state index is -0.234. The normalized spacial score (nSPS) is 21.2. The molecule has 1 atom stereocenters. The highest BCUT2D eigenvalue weighted by Gasteiger charge is 2.35. The maximum absolute atomic E-state index is 12.4. The summed E-state index contributed by atoms with van der Waals surface area (Å²) in [5, 5.41) is 7.45. The molecule has 0 aromatic carbocycles. The number of amides is 1. The van der Waals surface area contributed by atoms with E-state index in [4.69, 9.17) is 0 Å². The molecule has 0 spiro atoms. The number of piperazine rings is 1. The molecule has 1 aromatic heterocycles. The van der Waals surface area contributed by atoms with Crippen LogP contribution in [0.25, 0.3) is 0 Å². The van der Waals surface area contributed by atoms with E-state index in [0.717, 1.165) is 19.6 Å². The van der Waals surface area contributed by atoms with E-state index in [1.807, 2.05) is 24.1 Å². The Morgan fingerprint density at radius 3 is 2.88 bits per heavy atom. The zero-order valence-electron chi connectivity index (χ0n) is 10.7. The summed E-state index contributed by atoms with van der Waals surface area (Å²) in [4.78, 5) is 14.4. The van der Waals surface area contributed by atoms with Gasteiger partial charge in [0.05, 0.1) is 0 Å². The number of nitrogens with zero attached hydrogens (tertiary/aromatic N) is 3. The number of carbonyl (C=O) groups excluding carboxylic acids is 1. The van der Waals surface area contributed by atoms with Gasteiger partial charge in [-0.2, -0.15) is 5.10 Å². The summed E-state index contributed by atoms with van der Waals surface area (Å²) < 4.78 is 1.71. The Hall–Kier alpha value is -1.36. The highest BCUT2D eigenvalue weighted by Crippen LogP contribution is 2.20. The highest BCUT2D eigenvalue weighted by molar-refractivity contribution is 5.80. The quantitative estimate of drug-likeness (QED) is 0.820. The third-order valence-corrected chi connectivity index (χ3v) is 3.35. The van der Waals surface area contributed by atoms with Crippen molar-refractivity contribution < 1.29 is 4.79 Å². The van der Waals surface area contributed by atoms with Crippen LogP contribution in [0.4, 0.5) is 0 Å². The molecule has 1 aromatic rings. The average molecular weight is 236 g/mol. The van der Waals surface area contributed by atoms with Crippen LogP contribution < -0.4 is 5.32 Å². The first-order valence-corrected chi connectivity index (χ1v) is 6.04. The van der Waals surface area contributed by atoms with E-state index in [-0.39, 0.29) is 17.5 Å². The molecule has 5 nitrogen and oxygen atoms in total. The summed E-state index contributed by atoms with van der Waals surface area (Å²) in [5.74, 6) is 0.139. The summed E-state index contributed by atoms with van der Waals surface area (Å²) in [7, 11) is 0. The topological polar surface area (TPSA) is 50.2 Å². The van der Waals surface area contributed by atoms with Gasteiger partial charge in [-0.25, -0.2) is 0 Å². The minimum Gasteiger partial charge on any atom is -0.333 e. The van der Waals surface area contributed by atoms with Crippen LogP contribution in [0, 0.1) is 0 Å². The van der Waals surface area contributed by atoms with Crippen LogP contribution >= 0.6 is 0 Å². The standard InChI is InChI=1S/C12H20N4O/c1-10(16-7-4-5-14-16)11(17)15-8-6-13-9-12(15,2)3/h4-5,7,10,13H,6,8-9H2,1-3H3. The van der Waals surface area contributed by atoms with Crippen LogP contribution in [0.2, 0.25) is 0 Å². The van der Waals surface area contributed by atoms with E-state index in [1.54, 1.807) is 10.9 Å². The molecule has 17 heavy (non-hydrogen) atoms. The van der Waals surface area contributed by atoms with Crippen LogP contribution in [0.3, 0.4) is 0 Å². The molecule has 1 aliphatic rings. The van der Waals surface area contributed by atoms with Gasteiger partial charge in [-0.1, -0.05) is 0 Å². The predicted octanol–water partition coefficient (Wildman–Crippen LogP) is 0.654. The van der Waals surface area contributed by atoms with Gasteiger partial charge in [0, 0.05) is 37.6 Å². The van der Waals surface area contributed by atoms with E-state index < -0.39 is 0 Å². The molecule has 1 aliphatic heterocycles. The molecule has 5 heteroatoms. The van der Waals surface area contributed by atoms with Crippen molar-refractivity contribution in [2.24, 2.45) is 0 Å². The lowest BCUT2D eigenvalue weighted by molar-refractivity contribution is -0.141. The lowest BCUT2D eigenvalue weighted by atomic mass is 9.99. The van der Waals surface area contributed by atoms with Crippen molar-refractivity contribution in [1.82, 2.24) is 20.0 Å². The van der Waals surface area contributed by atoms with Crippen LogP contribution in [0.1, 0.15) is 26.8 Å². The fourth-order valence-corrected chi connectivity index (χ4v) is 2.24. The number of hydrogen-bond donors (Lipinski definition) is 1. The number of carbonyl (C=O) groups is 1. The zero-order valence-corrected chi connectivity index (χ0v) is 10.7. The molecule has 1 unspecified atom stereocenters. The largest absolute Gasteiger partial charge is 0.333 e. The first-order valence-electron chi connectivity index (χ1n) is 6.04. The van der Waals surface area contributed by atoms with Gasteiger partial charge in [0.15, 0.2) is 0 Å². The van der Waals surface area contributed by atoms with Crippen molar-refractivity contribution in [2.75, 3.05) is 19.6 Å². The van der Waals surface area contributed by atoms with E-state index in [2.05, 4.69) is 24.3 Å². The summed E-state index contributed by atoms with van der Waals surface area (Å²) in [5.41, 5.74) is -0.128. The van der Waals surface area contributed by atoms with Crippen molar-refractivity contribution in [3.8, 4) is 0 Å². The smallest absolute Gasteiger partial charge is 0.247 e. The van der Waals surface area contributed by atoms with E-state index >= 15 is 0 Å². The predicted molar refractivity (Wildman–Crippen MR) is 65.6 cm³/mol. The Morgan fingerprint density at radius 2 is 2.29 bits per heavy atom. The summed E-state index contributed by atoms with van der Waals surface area (Å²) in [6, 6.07) is 1.61. The van der Waals surface area contributed by atoms with Crippen molar-refractivity contribution >= 4 is 5.91 Å². The van der Waals surface area contributed by atoms with Gasteiger partial charge in [-0.05, 0) is 26.8 Å². The van der Waals surface area contributed by atoms with Gasteiger partial charge in [0.1, 0.15) is 6.04 Å². The fraction of sp³-hybridized carbons (Fsp3) is 0.667. The summed E-state index contributed by atoms with van der Waals surface area (Å²) in [6.07, 6.45) is 3.53. The third-order valence-electron chi connectivity index (χ3n) is 3.35. The van der Waals surface area contributed by atoms with E-state index in [0.29, 0.717) is 0 Å². The molecule has 0 radical (unpaired) electrons. The highest BCUT2D eigenvalue weighted by atomic mass is 16.2. The van der Waals surface area contributed by atoms with Gasteiger partial charge < -0.3 is 10.2 Å². The SMILES string of the molecule is CC(C(=O)N1CCNCC1(C)C)n1cccn1. The van der Waals surface area contributed by atoms with Gasteiger partial charge in [0.25, 0.3) is 0 Å². The van der Waals surface area contributed by atoms with Gasteiger partial charge >= 0.3 is 0 Å². The first kappa shape index (κ1) is 12.1. The second kappa shape index (κ2) is 4.49. The summed E-state index contributed by atoms with van der Waals surface area (Å²) in [6.45, 7) is 8.54. The van der Waals surface area contributed by atoms with Gasteiger partial charge in [-0.3, -0.25) is 9.48 Å². The second-order valence-electron chi connectivity index (χ2n) is 5.14. The summed E-state index contributed by atoms with van der Waals surface area (Å²) >= 11 is 0. The Bertz CT molecular complexity index is 385. The van der Waals surface area contributed by atoms with Gasteiger partial charge in [-0.15, -0.1) is 0 Å². The lowest BCUT2D eigenvalue weighted by Gasteiger charge is -2.43. The first-order chi connectivity index (χ1) is 8.02. The fourth-order valence-electron chi connectivity index (χ4n) is 2.24. The molecule has 0 bridgehead atoms. The Kier molecular flexibility index (Phi) is 3.19.